The number of fused-ring (bicyclic) bond motifs is 2. The van der Waals surface area contributed by atoms with E-state index >= 15 is 0 Å². The topological polar surface area (TPSA) is 59.2 Å². The Hall–Kier alpha value is -1.42. The maximum absolute atomic E-state index is 12.7. The van der Waals surface area contributed by atoms with Gasteiger partial charge in [-0.05, 0) is 49.1 Å². The number of pyridine rings is 1. The van der Waals surface area contributed by atoms with Crippen LogP contribution in [0, 0.1) is 17.8 Å². The highest BCUT2D eigenvalue weighted by molar-refractivity contribution is 5.78. The highest BCUT2D eigenvalue weighted by Gasteiger charge is 2.41. The second-order valence-corrected chi connectivity index (χ2v) is 6.75. The fraction of sp³-hybridized carbons (Fsp3) is 0.647. The van der Waals surface area contributed by atoms with E-state index in [1.807, 2.05) is 30.3 Å². The fourth-order valence-electron chi connectivity index (χ4n) is 4.15. The molecule has 2 N–H and O–H groups in total. The van der Waals surface area contributed by atoms with Gasteiger partial charge in [0.05, 0.1) is 0 Å². The summed E-state index contributed by atoms with van der Waals surface area (Å²) in [5.41, 5.74) is 7.40. The van der Waals surface area contributed by atoms with Crippen LogP contribution in [0.1, 0.15) is 37.7 Å². The molecule has 1 amide bonds. The van der Waals surface area contributed by atoms with Crippen LogP contribution >= 0.6 is 0 Å². The van der Waals surface area contributed by atoms with Crippen molar-refractivity contribution in [3.8, 4) is 0 Å². The molecule has 4 nitrogen and oxygen atoms in total. The molecule has 4 heteroatoms. The van der Waals surface area contributed by atoms with Crippen molar-refractivity contribution in [1.82, 2.24) is 9.88 Å². The van der Waals surface area contributed by atoms with Gasteiger partial charge >= 0.3 is 0 Å². The first-order chi connectivity index (χ1) is 10.1. The molecule has 2 aliphatic rings. The molecule has 3 rings (SSSR count). The van der Waals surface area contributed by atoms with Gasteiger partial charge in [-0.3, -0.25) is 9.78 Å². The number of carbonyl (C=O) groups is 1. The number of nitrogens with two attached hydrogens (primary N) is 1. The third kappa shape index (κ3) is 3.10. The van der Waals surface area contributed by atoms with Gasteiger partial charge in [0.15, 0.2) is 0 Å². The van der Waals surface area contributed by atoms with Gasteiger partial charge in [0.1, 0.15) is 0 Å². The SMILES string of the molecule is CN(Cc1cccnc1)C(=O)C1CC2CCCC(C1)C2N. The lowest BCUT2D eigenvalue weighted by atomic mass is 9.65. The minimum Gasteiger partial charge on any atom is -0.341 e. The van der Waals surface area contributed by atoms with Gasteiger partial charge < -0.3 is 10.6 Å². The molecule has 0 radical (unpaired) electrons. The Bertz CT molecular complexity index is 476. The standard InChI is InChI=1S/C17H25N3O/c1-20(11-12-4-3-7-19-10-12)17(21)15-8-13-5-2-6-14(9-15)16(13)18/h3-4,7,10,13-16H,2,5-6,8-9,11,18H2,1H3. The minimum absolute atomic E-state index is 0.168. The quantitative estimate of drug-likeness (QED) is 0.927. The smallest absolute Gasteiger partial charge is 0.225 e. The molecule has 0 aromatic carbocycles. The summed E-state index contributed by atoms with van der Waals surface area (Å²) in [7, 11) is 1.90. The van der Waals surface area contributed by atoms with Gasteiger partial charge in [-0.15, -0.1) is 0 Å². The Morgan fingerprint density at radius 1 is 1.38 bits per heavy atom. The van der Waals surface area contributed by atoms with Crippen molar-refractivity contribution in [3.63, 3.8) is 0 Å². The number of nitrogens with zero attached hydrogens (tertiary/aromatic N) is 2. The zero-order valence-electron chi connectivity index (χ0n) is 12.7. The molecular weight excluding hydrogens is 262 g/mol. The van der Waals surface area contributed by atoms with E-state index in [-0.39, 0.29) is 11.8 Å². The summed E-state index contributed by atoms with van der Waals surface area (Å²) in [5, 5.41) is 0. The fourth-order valence-corrected chi connectivity index (χ4v) is 4.15. The number of carbonyl (C=O) groups excluding carboxylic acids is 1. The molecule has 0 aliphatic heterocycles. The normalized spacial score (nSPS) is 31.7. The van der Waals surface area contributed by atoms with Crippen molar-refractivity contribution in [3.05, 3.63) is 30.1 Å². The second-order valence-electron chi connectivity index (χ2n) is 6.75. The molecule has 1 aromatic rings. The van der Waals surface area contributed by atoms with E-state index in [9.17, 15) is 4.79 Å². The third-order valence-electron chi connectivity index (χ3n) is 5.28. The van der Waals surface area contributed by atoms with E-state index in [4.69, 9.17) is 5.73 Å². The zero-order valence-corrected chi connectivity index (χ0v) is 12.7. The Balaban J connectivity index is 1.62. The number of rotatable bonds is 3. The van der Waals surface area contributed by atoms with Crippen LogP contribution in [0.25, 0.3) is 0 Å². The lowest BCUT2D eigenvalue weighted by Gasteiger charge is -2.44. The van der Waals surface area contributed by atoms with E-state index in [2.05, 4.69) is 4.98 Å². The number of aromatic nitrogens is 1. The van der Waals surface area contributed by atoms with E-state index < -0.39 is 0 Å². The molecule has 2 bridgehead atoms. The lowest BCUT2D eigenvalue weighted by molar-refractivity contribution is -0.137. The lowest BCUT2D eigenvalue weighted by Crippen LogP contribution is -2.49. The summed E-state index contributed by atoms with van der Waals surface area (Å²) < 4.78 is 0. The minimum atomic E-state index is 0.168. The highest BCUT2D eigenvalue weighted by Crippen LogP contribution is 2.42. The van der Waals surface area contributed by atoms with E-state index in [1.165, 1.54) is 19.3 Å². The molecule has 2 fully saturated rings. The summed E-state index contributed by atoms with van der Waals surface area (Å²) in [6.45, 7) is 0.643. The van der Waals surface area contributed by atoms with Crippen LogP contribution in [-0.4, -0.2) is 28.9 Å². The first-order valence-corrected chi connectivity index (χ1v) is 8.04. The molecule has 1 aromatic heterocycles. The Morgan fingerprint density at radius 2 is 2.10 bits per heavy atom. The average Bonchev–Trinajstić information content (AvgIpc) is 2.47. The van der Waals surface area contributed by atoms with E-state index in [0.29, 0.717) is 24.4 Å². The van der Waals surface area contributed by atoms with Crippen LogP contribution in [-0.2, 0) is 11.3 Å². The van der Waals surface area contributed by atoms with E-state index in [0.717, 1.165) is 18.4 Å². The number of hydrogen-bond donors (Lipinski definition) is 1. The van der Waals surface area contributed by atoms with Crippen LogP contribution in [0.15, 0.2) is 24.5 Å². The maximum atomic E-state index is 12.7. The molecule has 1 heterocycles. The monoisotopic (exact) mass is 287 g/mol. The zero-order chi connectivity index (χ0) is 14.8. The van der Waals surface area contributed by atoms with Gasteiger partial charge in [0.25, 0.3) is 0 Å². The molecule has 0 saturated heterocycles. The molecular formula is C17H25N3O. The third-order valence-corrected chi connectivity index (χ3v) is 5.28. The predicted octanol–water partition coefficient (Wildman–Crippen LogP) is 2.19. The summed E-state index contributed by atoms with van der Waals surface area (Å²) >= 11 is 0. The summed E-state index contributed by atoms with van der Waals surface area (Å²) in [6, 6.07) is 4.26. The molecule has 2 aliphatic carbocycles. The van der Waals surface area contributed by atoms with Crippen molar-refractivity contribution >= 4 is 5.91 Å². The Morgan fingerprint density at radius 3 is 2.71 bits per heavy atom. The summed E-state index contributed by atoms with van der Waals surface area (Å²) in [6.07, 6.45) is 9.24. The molecule has 2 atom stereocenters. The van der Waals surface area contributed by atoms with Crippen molar-refractivity contribution in [2.45, 2.75) is 44.7 Å². The number of hydrogen-bond acceptors (Lipinski definition) is 3. The van der Waals surface area contributed by atoms with Gasteiger partial charge in [-0.2, -0.15) is 0 Å². The molecule has 21 heavy (non-hydrogen) atoms. The van der Waals surface area contributed by atoms with Crippen molar-refractivity contribution in [2.75, 3.05) is 7.05 Å². The number of amides is 1. The highest BCUT2D eigenvalue weighted by atomic mass is 16.2. The first-order valence-electron chi connectivity index (χ1n) is 8.04. The molecule has 0 spiro atoms. The second kappa shape index (κ2) is 6.14. The van der Waals surface area contributed by atoms with Gasteiger partial charge in [-0.25, -0.2) is 0 Å². The van der Waals surface area contributed by atoms with Crippen LogP contribution in [0.5, 0.6) is 0 Å². The molecule has 114 valence electrons. The van der Waals surface area contributed by atoms with Gasteiger partial charge in [0, 0.05) is 37.9 Å². The molecule has 2 saturated carbocycles. The van der Waals surface area contributed by atoms with Gasteiger partial charge in [0.2, 0.25) is 5.91 Å². The predicted molar refractivity (Wildman–Crippen MR) is 82.2 cm³/mol. The van der Waals surface area contributed by atoms with Gasteiger partial charge in [-0.1, -0.05) is 12.5 Å². The van der Waals surface area contributed by atoms with Crippen LogP contribution in [0.3, 0.4) is 0 Å². The average molecular weight is 287 g/mol. The van der Waals surface area contributed by atoms with Crippen LogP contribution < -0.4 is 5.73 Å². The molecule has 2 unspecified atom stereocenters. The first kappa shape index (κ1) is 14.5. The largest absolute Gasteiger partial charge is 0.341 e. The Labute approximate surface area is 126 Å². The Kier molecular flexibility index (Phi) is 4.24. The van der Waals surface area contributed by atoms with Crippen molar-refractivity contribution < 1.29 is 4.79 Å². The summed E-state index contributed by atoms with van der Waals surface area (Å²) in [5.74, 6) is 1.56. The summed E-state index contributed by atoms with van der Waals surface area (Å²) in [4.78, 5) is 18.7. The van der Waals surface area contributed by atoms with E-state index in [1.54, 1.807) is 6.20 Å². The van der Waals surface area contributed by atoms with Crippen molar-refractivity contribution in [1.29, 1.82) is 0 Å². The van der Waals surface area contributed by atoms with Crippen LogP contribution in [0.4, 0.5) is 0 Å². The van der Waals surface area contributed by atoms with Crippen molar-refractivity contribution in [2.24, 2.45) is 23.5 Å². The van der Waals surface area contributed by atoms with Crippen LogP contribution in [0.2, 0.25) is 0 Å². The maximum Gasteiger partial charge on any atom is 0.225 e.